The molecular formula is C23H30O5. The van der Waals surface area contributed by atoms with Gasteiger partial charge in [0.1, 0.15) is 16.8 Å². The second-order valence-corrected chi connectivity index (χ2v) is 10.9. The topological polar surface area (TPSA) is 57.3 Å². The zero-order valence-electron chi connectivity index (χ0n) is 16.9. The van der Waals surface area contributed by atoms with Gasteiger partial charge in [-0.15, -0.1) is 0 Å². The SMILES string of the molecule is CC(=O)OC12C[C@@H]1C[C@H]1[C@@H]3CC[C@@]45CC6(CC[C@@]4(O5)C3=CC[C@@]12C)OCCO6. The van der Waals surface area contributed by atoms with Crippen LogP contribution in [-0.2, 0) is 23.7 Å². The van der Waals surface area contributed by atoms with Gasteiger partial charge >= 0.3 is 5.97 Å². The number of fused-ring (bicyclic) bond motifs is 5. The number of carbonyl (C=O) groups excluding carboxylic acids is 1. The Hall–Kier alpha value is -0.910. The van der Waals surface area contributed by atoms with Gasteiger partial charge in [0.15, 0.2) is 5.79 Å². The number of carbonyl (C=O) groups is 1. The largest absolute Gasteiger partial charge is 0.458 e. The molecule has 6 fully saturated rings. The highest BCUT2D eigenvalue weighted by Gasteiger charge is 2.82. The van der Waals surface area contributed by atoms with Crippen molar-refractivity contribution < 1.29 is 23.7 Å². The molecule has 5 nitrogen and oxygen atoms in total. The molecule has 2 saturated heterocycles. The van der Waals surface area contributed by atoms with E-state index in [0.717, 1.165) is 38.5 Å². The van der Waals surface area contributed by atoms with Gasteiger partial charge in [0.05, 0.1) is 13.2 Å². The van der Waals surface area contributed by atoms with Crippen molar-refractivity contribution in [3.63, 3.8) is 0 Å². The molecule has 0 aromatic heterocycles. The summed E-state index contributed by atoms with van der Waals surface area (Å²) in [6, 6.07) is 0. The van der Waals surface area contributed by atoms with Crippen molar-refractivity contribution in [1.82, 2.24) is 0 Å². The van der Waals surface area contributed by atoms with Crippen molar-refractivity contribution in [2.24, 2.45) is 23.2 Å². The first-order chi connectivity index (χ1) is 13.4. The molecule has 0 aromatic rings. The summed E-state index contributed by atoms with van der Waals surface area (Å²) in [5.41, 5.74) is 1.37. The Balaban J connectivity index is 1.23. The van der Waals surface area contributed by atoms with Crippen molar-refractivity contribution in [2.45, 2.75) is 87.8 Å². The van der Waals surface area contributed by atoms with Gasteiger partial charge in [-0.2, -0.15) is 0 Å². The zero-order valence-corrected chi connectivity index (χ0v) is 16.9. The second-order valence-electron chi connectivity index (χ2n) is 10.9. The monoisotopic (exact) mass is 386 g/mol. The molecule has 0 amide bonds. The molecule has 7 atom stereocenters. The molecule has 0 radical (unpaired) electrons. The van der Waals surface area contributed by atoms with E-state index in [9.17, 15) is 4.79 Å². The summed E-state index contributed by atoms with van der Waals surface area (Å²) in [4.78, 5) is 11.8. The van der Waals surface area contributed by atoms with Crippen LogP contribution >= 0.6 is 0 Å². The molecule has 0 N–H and O–H groups in total. The van der Waals surface area contributed by atoms with Crippen LogP contribution in [0.15, 0.2) is 11.6 Å². The first-order valence-corrected chi connectivity index (χ1v) is 11.3. The zero-order chi connectivity index (χ0) is 19.0. The summed E-state index contributed by atoms with van der Waals surface area (Å²) in [5, 5.41) is 0. The normalized spacial score (nSPS) is 56.6. The number of hydrogen-bond acceptors (Lipinski definition) is 5. The first kappa shape index (κ1) is 16.8. The van der Waals surface area contributed by atoms with Crippen LogP contribution in [0.4, 0.5) is 0 Å². The Bertz CT molecular complexity index is 814. The molecule has 7 aliphatic rings. The van der Waals surface area contributed by atoms with Gasteiger partial charge < -0.3 is 18.9 Å². The molecule has 5 aliphatic carbocycles. The average Bonchev–Trinajstić information content (AvgIpc) is 3.44. The minimum absolute atomic E-state index is 0.0548. The first-order valence-electron chi connectivity index (χ1n) is 11.3. The van der Waals surface area contributed by atoms with Crippen molar-refractivity contribution in [2.75, 3.05) is 13.2 Å². The van der Waals surface area contributed by atoms with Gasteiger partial charge in [-0.05, 0) is 55.9 Å². The van der Waals surface area contributed by atoms with E-state index < -0.39 is 0 Å². The maximum absolute atomic E-state index is 11.8. The van der Waals surface area contributed by atoms with Crippen LogP contribution in [0.5, 0.6) is 0 Å². The highest BCUT2D eigenvalue weighted by Crippen LogP contribution is 2.78. The van der Waals surface area contributed by atoms with Gasteiger partial charge in [-0.25, -0.2) is 0 Å². The molecule has 7 rings (SSSR count). The Morgan fingerprint density at radius 1 is 1.21 bits per heavy atom. The minimum Gasteiger partial charge on any atom is -0.458 e. The van der Waals surface area contributed by atoms with Crippen molar-refractivity contribution in [1.29, 1.82) is 0 Å². The number of allylic oxidation sites excluding steroid dienone is 1. The number of hydrogen-bond donors (Lipinski definition) is 0. The fourth-order valence-electron chi connectivity index (χ4n) is 8.70. The summed E-state index contributed by atoms with van der Waals surface area (Å²) in [6.07, 6.45) is 11.0. The molecule has 0 aromatic carbocycles. The fourth-order valence-corrected chi connectivity index (χ4v) is 8.70. The van der Waals surface area contributed by atoms with E-state index in [1.54, 1.807) is 12.5 Å². The van der Waals surface area contributed by atoms with Crippen LogP contribution in [0, 0.1) is 23.2 Å². The summed E-state index contributed by atoms with van der Waals surface area (Å²) < 4.78 is 24.7. The molecule has 0 bridgehead atoms. The Morgan fingerprint density at radius 2 is 2.04 bits per heavy atom. The highest BCUT2D eigenvalue weighted by atomic mass is 16.7. The van der Waals surface area contributed by atoms with Crippen molar-refractivity contribution in [3.05, 3.63) is 11.6 Å². The molecule has 5 heteroatoms. The van der Waals surface area contributed by atoms with Gasteiger partial charge in [-0.1, -0.05) is 13.0 Å². The summed E-state index contributed by atoms with van der Waals surface area (Å²) in [5.74, 6) is 1.29. The lowest BCUT2D eigenvalue weighted by Gasteiger charge is -2.51. The van der Waals surface area contributed by atoms with Gasteiger partial charge in [0, 0.05) is 31.1 Å². The summed E-state index contributed by atoms with van der Waals surface area (Å²) in [7, 11) is 0. The van der Waals surface area contributed by atoms with Crippen LogP contribution in [0.1, 0.15) is 65.2 Å². The van der Waals surface area contributed by atoms with Crippen molar-refractivity contribution >= 4 is 5.97 Å². The highest BCUT2D eigenvalue weighted by molar-refractivity contribution is 5.67. The molecule has 4 saturated carbocycles. The molecule has 1 spiro atoms. The predicted octanol–water partition coefficient (Wildman–Crippen LogP) is 3.51. The van der Waals surface area contributed by atoms with E-state index in [1.165, 1.54) is 12.8 Å². The predicted molar refractivity (Wildman–Crippen MR) is 99.3 cm³/mol. The van der Waals surface area contributed by atoms with Crippen LogP contribution in [0.3, 0.4) is 0 Å². The number of rotatable bonds is 1. The van der Waals surface area contributed by atoms with Crippen molar-refractivity contribution in [3.8, 4) is 0 Å². The molecule has 152 valence electrons. The minimum atomic E-state index is -0.384. The third-order valence-corrected chi connectivity index (χ3v) is 9.95. The van der Waals surface area contributed by atoms with E-state index in [1.807, 2.05) is 0 Å². The van der Waals surface area contributed by atoms with Gasteiger partial charge in [-0.3, -0.25) is 4.79 Å². The lowest BCUT2D eigenvalue weighted by Crippen LogP contribution is -2.53. The Labute approximate surface area is 166 Å². The standard InChI is InChI=1S/C23H30O5/c1-14(24)27-23-12-15(23)11-18-16-3-6-20-13-21(25-9-10-26-21)7-8-22(20,28-20)17(16)4-5-19(18,23)2/h4,15-16,18H,3,5-13H2,1-2H3/t15-,16+,18-,19-,20+,22+,23?/m0/s1. The molecule has 28 heavy (non-hydrogen) atoms. The number of epoxide rings is 1. The number of ether oxygens (including phenoxy) is 4. The average molecular weight is 386 g/mol. The fraction of sp³-hybridized carbons (Fsp3) is 0.870. The van der Waals surface area contributed by atoms with Crippen LogP contribution in [0.25, 0.3) is 0 Å². The Morgan fingerprint density at radius 3 is 2.82 bits per heavy atom. The number of esters is 1. The third kappa shape index (κ3) is 1.68. The molecule has 1 unspecified atom stereocenters. The molecule has 2 aliphatic heterocycles. The van der Waals surface area contributed by atoms with Gasteiger partial charge in [0.2, 0.25) is 0 Å². The lowest BCUT2D eigenvalue weighted by atomic mass is 9.53. The van der Waals surface area contributed by atoms with E-state index >= 15 is 0 Å². The molecule has 2 heterocycles. The lowest BCUT2D eigenvalue weighted by molar-refractivity contribution is -0.185. The van der Waals surface area contributed by atoms with Crippen LogP contribution in [0.2, 0.25) is 0 Å². The van der Waals surface area contributed by atoms with Gasteiger partial charge in [0.25, 0.3) is 0 Å². The van der Waals surface area contributed by atoms with E-state index in [0.29, 0.717) is 31.0 Å². The smallest absolute Gasteiger partial charge is 0.303 e. The van der Waals surface area contributed by atoms with Crippen LogP contribution in [-0.4, -0.2) is 41.8 Å². The summed E-state index contributed by atoms with van der Waals surface area (Å²) in [6.45, 7) is 5.40. The Kier molecular flexibility index (Phi) is 2.83. The second kappa shape index (κ2) is 4.70. The molecular weight excluding hydrogens is 356 g/mol. The summed E-state index contributed by atoms with van der Waals surface area (Å²) >= 11 is 0. The quantitative estimate of drug-likeness (QED) is 0.392. The maximum atomic E-state index is 11.8. The van der Waals surface area contributed by atoms with Crippen LogP contribution < -0.4 is 0 Å². The van der Waals surface area contributed by atoms with E-state index in [2.05, 4.69) is 13.0 Å². The third-order valence-electron chi connectivity index (χ3n) is 9.95. The van der Waals surface area contributed by atoms with E-state index in [4.69, 9.17) is 18.9 Å². The van der Waals surface area contributed by atoms with E-state index in [-0.39, 0.29) is 34.0 Å². The maximum Gasteiger partial charge on any atom is 0.303 e.